The topological polar surface area (TPSA) is 54.9 Å². The van der Waals surface area contributed by atoms with Gasteiger partial charge in [-0.1, -0.05) is 18.5 Å². The summed E-state index contributed by atoms with van der Waals surface area (Å²) in [5, 5.41) is 3.48. The number of halogens is 2. The lowest BCUT2D eigenvalue weighted by atomic mass is 10.1. The molecular formula is C17H19ClFN3OS. The van der Waals surface area contributed by atoms with Gasteiger partial charge in [0.05, 0.1) is 5.02 Å². The second-order valence-electron chi connectivity index (χ2n) is 5.82. The predicted octanol–water partition coefficient (Wildman–Crippen LogP) is 3.82. The molecule has 0 aliphatic carbocycles. The van der Waals surface area contributed by atoms with E-state index in [9.17, 15) is 8.60 Å². The van der Waals surface area contributed by atoms with Crippen LogP contribution >= 0.6 is 11.6 Å². The van der Waals surface area contributed by atoms with Crippen molar-refractivity contribution >= 4 is 28.2 Å². The zero-order chi connectivity index (χ0) is 17.1. The molecule has 0 unspecified atom stereocenters. The van der Waals surface area contributed by atoms with Crippen molar-refractivity contribution in [3.8, 4) is 11.4 Å². The van der Waals surface area contributed by atoms with Crippen LogP contribution in [0.5, 0.6) is 0 Å². The summed E-state index contributed by atoms with van der Waals surface area (Å²) in [5.41, 5.74) is 1.59. The Labute approximate surface area is 148 Å². The molecule has 2 heterocycles. The molecule has 1 fully saturated rings. The maximum absolute atomic E-state index is 13.4. The summed E-state index contributed by atoms with van der Waals surface area (Å²) in [5.74, 6) is 2.27. The van der Waals surface area contributed by atoms with Crippen molar-refractivity contribution in [1.29, 1.82) is 0 Å². The molecule has 1 aliphatic heterocycles. The first-order valence-electron chi connectivity index (χ1n) is 8.00. The molecule has 24 heavy (non-hydrogen) atoms. The van der Waals surface area contributed by atoms with Crippen molar-refractivity contribution in [3.05, 3.63) is 40.8 Å². The van der Waals surface area contributed by atoms with Crippen LogP contribution in [0.4, 0.5) is 10.2 Å². The minimum Gasteiger partial charge on any atom is -0.367 e. The zero-order valence-electron chi connectivity index (χ0n) is 13.4. The average molecular weight is 368 g/mol. The van der Waals surface area contributed by atoms with Crippen molar-refractivity contribution < 1.29 is 8.60 Å². The van der Waals surface area contributed by atoms with Crippen LogP contribution in [0.25, 0.3) is 11.4 Å². The van der Waals surface area contributed by atoms with Crippen LogP contribution in [0.3, 0.4) is 0 Å². The third-order valence-electron chi connectivity index (χ3n) is 4.06. The molecule has 1 N–H and O–H groups in total. The number of hydrogen-bond donors (Lipinski definition) is 1. The first kappa shape index (κ1) is 17.3. The summed E-state index contributed by atoms with van der Waals surface area (Å²) in [6.07, 6.45) is 2.51. The lowest BCUT2D eigenvalue weighted by Gasteiger charge is -2.23. The number of nitrogens with one attached hydrogen (secondary N) is 1. The van der Waals surface area contributed by atoms with Crippen LogP contribution in [-0.2, 0) is 17.2 Å². The normalized spacial score (nSPS) is 20.8. The van der Waals surface area contributed by atoms with Crippen molar-refractivity contribution in [2.75, 3.05) is 16.8 Å². The van der Waals surface area contributed by atoms with E-state index >= 15 is 0 Å². The molecule has 0 amide bonds. The number of hydrogen-bond acceptors (Lipinski definition) is 4. The fourth-order valence-electron chi connectivity index (χ4n) is 2.66. The van der Waals surface area contributed by atoms with Gasteiger partial charge in [-0.2, -0.15) is 0 Å². The highest BCUT2D eigenvalue weighted by molar-refractivity contribution is 7.85. The Balaban J connectivity index is 1.87. The van der Waals surface area contributed by atoms with Gasteiger partial charge in [0.1, 0.15) is 11.6 Å². The Morgan fingerprint density at radius 1 is 1.29 bits per heavy atom. The summed E-state index contributed by atoms with van der Waals surface area (Å²) < 4.78 is 24.8. The molecule has 0 saturated carbocycles. The van der Waals surface area contributed by atoms with E-state index in [2.05, 4.69) is 15.3 Å². The quantitative estimate of drug-likeness (QED) is 0.892. The number of aromatic nitrogens is 2. The van der Waals surface area contributed by atoms with Gasteiger partial charge in [-0.05, 0) is 37.5 Å². The third kappa shape index (κ3) is 4.11. The van der Waals surface area contributed by atoms with E-state index in [0.29, 0.717) is 11.4 Å². The monoisotopic (exact) mass is 367 g/mol. The van der Waals surface area contributed by atoms with Crippen LogP contribution in [0, 0.1) is 5.82 Å². The standard InChI is InChI=1S/C17H19ClFN3OS/c1-2-12-10-16(20-13-5-7-24(23)8-6-13)22-17(21-12)11-3-4-15(19)14(18)9-11/h3-4,9-10,13H,2,5-8H2,1H3,(H,20,21,22). The molecule has 2 aromatic rings. The lowest BCUT2D eigenvalue weighted by Crippen LogP contribution is -2.29. The van der Waals surface area contributed by atoms with Crippen LogP contribution < -0.4 is 5.32 Å². The van der Waals surface area contributed by atoms with Gasteiger partial charge < -0.3 is 5.32 Å². The van der Waals surface area contributed by atoms with Gasteiger partial charge in [0.2, 0.25) is 0 Å². The maximum Gasteiger partial charge on any atom is 0.161 e. The average Bonchev–Trinajstić information content (AvgIpc) is 2.59. The number of benzene rings is 1. The Kier molecular flexibility index (Phi) is 5.46. The van der Waals surface area contributed by atoms with Gasteiger partial charge in [0.15, 0.2) is 5.82 Å². The summed E-state index contributed by atoms with van der Waals surface area (Å²) >= 11 is 5.87. The van der Waals surface area contributed by atoms with Gasteiger partial charge in [-0.3, -0.25) is 4.21 Å². The molecule has 4 nitrogen and oxygen atoms in total. The predicted molar refractivity (Wildman–Crippen MR) is 96.3 cm³/mol. The Morgan fingerprint density at radius 2 is 2.04 bits per heavy atom. The molecule has 7 heteroatoms. The van der Waals surface area contributed by atoms with E-state index < -0.39 is 16.6 Å². The van der Waals surface area contributed by atoms with Gasteiger partial charge in [0.25, 0.3) is 0 Å². The van der Waals surface area contributed by atoms with Crippen molar-refractivity contribution in [2.45, 2.75) is 32.2 Å². The highest BCUT2D eigenvalue weighted by Gasteiger charge is 2.18. The largest absolute Gasteiger partial charge is 0.367 e. The minimum absolute atomic E-state index is 0.0577. The smallest absolute Gasteiger partial charge is 0.161 e. The van der Waals surface area contributed by atoms with E-state index in [-0.39, 0.29) is 11.1 Å². The van der Waals surface area contributed by atoms with Crippen LogP contribution in [-0.4, -0.2) is 31.7 Å². The molecule has 1 aliphatic rings. The number of nitrogens with zero attached hydrogens (tertiary/aromatic N) is 2. The molecule has 0 atom stereocenters. The Hall–Kier alpha value is -1.53. The lowest BCUT2D eigenvalue weighted by molar-refractivity contribution is 0.622. The molecule has 128 valence electrons. The van der Waals surface area contributed by atoms with E-state index in [1.807, 2.05) is 13.0 Å². The molecule has 1 saturated heterocycles. The molecule has 3 rings (SSSR count). The molecule has 1 aromatic heterocycles. The summed E-state index contributed by atoms with van der Waals surface area (Å²) in [6, 6.07) is 6.69. The second-order valence-corrected chi connectivity index (χ2v) is 7.92. The van der Waals surface area contributed by atoms with E-state index in [4.69, 9.17) is 11.6 Å². The van der Waals surface area contributed by atoms with Gasteiger partial charge in [-0.25, -0.2) is 14.4 Å². The fourth-order valence-corrected chi connectivity index (χ4v) is 4.14. The Morgan fingerprint density at radius 3 is 2.71 bits per heavy atom. The van der Waals surface area contributed by atoms with Crippen molar-refractivity contribution in [3.63, 3.8) is 0 Å². The van der Waals surface area contributed by atoms with E-state index in [1.54, 1.807) is 12.1 Å². The van der Waals surface area contributed by atoms with Gasteiger partial charge >= 0.3 is 0 Å². The summed E-state index contributed by atoms with van der Waals surface area (Å²) in [7, 11) is -0.687. The number of aryl methyl sites for hydroxylation is 1. The first-order chi connectivity index (χ1) is 11.5. The van der Waals surface area contributed by atoms with Crippen molar-refractivity contribution in [2.24, 2.45) is 0 Å². The molecule has 0 radical (unpaired) electrons. The van der Waals surface area contributed by atoms with Crippen LogP contribution in [0.15, 0.2) is 24.3 Å². The minimum atomic E-state index is -0.687. The highest BCUT2D eigenvalue weighted by atomic mass is 35.5. The molecule has 0 bridgehead atoms. The third-order valence-corrected chi connectivity index (χ3v) is 5.73. The van der Waals surface area contributed by atoms with Crippen LogP contribution in [0.1, 0.15) is 25.5 Å². The number of rotatable bonds is 4. The Bertz CT molecular complexity index is 761. The molecular weight excluding hydrogens is 349 g/mol. The summed E-state index contributed by atoms with van der Waals surface area (Å²) in [6.45, 7) is 2.03. The van der Waals surface area contributed by atoms with Crippen LogP contribution in [0.2, 0.25) is 5.02 Å². The van der Waals surface area contributed by atoms with Gasteiger partial charge in [-0.15, -0.1) is 0 Å². The van der Waals surface area contributed by atoms with Gasteiger partial charge in [0, 0.05) is 45.7 Å². The SMILES string of the molecule is CCc1cc(NC2CCS(=O)CC2)nc(-c2ccc(F)c(Cl)c2)n1. The van der Waals surface area contributed by atoms with Crippen molar-refractivity contribution in [1.82, 2.24) is 9.97 Å². The summed E-state index contributed by atoms with van der Waals surface area (Å²) in [4.78, 5) is 9.07. The fraction of sp³-hybridized carbons (Fsp3) is 0.412. The van der Waals surface area contributed by atoms with E-state index in [1.165, 1.54) is 6.07 Å². The highest BCUT2D eigenvalue weighted by Crippen LogP contribution is 2.24. The molecule has 0 spiro atoms. The number of anilines is 1. The van der Waals surface area contributed by atoms with E-state index in [0.717, 1.165) is 42.3 Å². The zero-order valence-corrected chi connectivity index (χ0v) is 15.0. The second kappa shape index (κ2) is 7.57. The maximum atomic E-state index is 13.4. The first-order valence-corrected chi connectivity index (χ1v) is 9.86. The molecule has 1 aromatic carbocycles.